The van der Waals surface area contributed by atoms with Crippen molar-refractivity contribution in [2.45, 2.75) is 32.6 Å². The highest BCUT2D eigenvalue weighted by Crippen LogP contribution is 2.33. The van der Waals surface area contributed by atoms with Gasteiger partial charge in [0.15, 0.2) is 6.61 Å². The number of pyridine rings is 2. The minimum atomic E-state index is -4.46. The van der Waals surface area contributed by atoms with Crippen LogP contribution < -0.4 is 10.5 Å². The van der Waals surface area contributed by atoms with Crippen molar-refractivity contribution in [1.82, 2.24) is 14.9 Å². The van der Waals surface area contributed by atoms with Crippen LogP contribution in [0.5, 0.6) is 5.88 Å². The number of amides is 2. The van der Waals surface area contributed by atoms with E-state index in [4.69, 9.17) is 10.5 Å². The first kappa shape index (κ1) is 19.6. The molecular formula is C18H17F3N4O3. The van der Waals surface area contributed by atoms with Crippen LogP contribution in [0.1, 0.15) is 50.5 Å². The molecule has 0 aromatic carbocycles. The van der Waals surface area contributed by atoms with E-state index in [1.165, 1.54) is 23.4 Å². The monoisotopic (exact) mass is 394 g/mol. The largest absolute Gasteiger partial charge is 0.468 e. The molecular weight excluding hydrogens is 377 g/mol. The van der Waals surface area contributed by atoms with Crippen molar-refractivity contribution in [3.05, 3.63) is 52.5 Å². The van der Waals surface area contributed by atoms with E-state index in [-0.39, 0.29) is 24.0 Å². The van der Waals surface area contributed by atoms with Gasteiger partial charge in [0.05, 0.1) is 6.04 Å². The second-order valence-electron chi connectivity index (χ2n) is 6.45. The molecule has 0 saturated heterocycles. The van der Waals surface area contributed by atoms with Crippen LogP contribution in [0, 0.1) is 6.92 Å². The number of carbonyl (C=O) groups excluding carboxylic acids is 2. The Bertz CT molecular complexity index is 946. The van der Waals surface area contributed by atoms with E-state index in [2.05, 4.69) is 9.97 Å². The van der Waals surface area contributed by atoms with E-state index in [1.54, 1.807) is 19.9 Å². The van der Waals surface area contributed by atoms with Gasteiger partial charge in [-0.15, -0.1) is 0 Å². The molecule has 3 rings (SSSR count). The maximum absolute atomic E-state index is 12.7. The number of nitrogens with zero attached hydrogens (tertiary/aromatic N) is 3. The molecule has 2 N–H and O–H groups in total. The number of alkyl halides is 3. The molecule has 0 spiro atoms. The summed E-state index contributed by atoms with van der Waals surface area (Å²) in [5.41, 5.74) is 7.22. The van der Waals surface area contributed by atoms with Crippen LogP contribution in [-0.2, 0) is 6.54 Å². The van der Waals surface area contributed by atoms with E-state index >= 15 is 0 Å². The van der Waals surface area contributed by atoms with Crippen molar-refractivity contribution < 1.29 is 27.5 Å². The molecule has 7 nitrogen and oxygen atoms in total. The Hall–Kier alpha value is -3.17. The summed E-state index contributed by atoms with van der Waals surface area (Å²) < 4.78 is 41.6. The zero-order valence-corrected chi connectivity index (χ0v) is 15.1. The lowest BCUT2D eigenvalue weighted by Gasteiger charge is -2.25. The topological polar surface area (TPSA) is 98.4 Å². The van der Waals surface area contributed by atoms with Crippen LogP contribution in [0.2, 0.25) is 0 Å². The second kappa shape index (κ2) is 7.10. The third-order valence-corrected chi connectivity index (χ3v) is 4.48. The Morgan fingerprint density at radius 3 is 2.71 bits per heavy atom. The van der Waals surface area contributed by atoms with E-state index in [0.29, 0.717) is 22.3 Å². The van der Waals surface area contributed by atoms with Gasteiger partial charge in [0.1, 0.15) is 5.69 Å². The van der Waals surface area contributed by atoms with Crippen molar-refractivity contribution in [2.24, 2.45) is 5.73 Å². The van der Waals surface area contributed by atoms with Crippen LogP contribution in [0.3, 0.4) is 0 Å². The molecule has 0 aliphatic carbocycles. The number of hydrogen-bond acceptors (Lipinski definition) is 5. The van der Waals surface area contributed by atoms with Gasteiger partial charge in [-0.2, -0.15) is 13.2 Å². The van der Waals surface area contributed by atoms with Gasteiger partial charge in [0.2, 0.25) is 5.88 Å². The van der Waals surface area contributed by atoms with Crippen molar-refractivity contribution in [2.75, 3.05) is 6.61 Å². The number of carbonyl (C=O) groups is 2. The molecule has 28 heavy (non-hydrogen) atoms. The molecule has 2 aromatic heterocycles. The minimum Gasteiger partial charge on any atom is -0.468 e. The number of halogens is 3. The van der Waals surface area contributed by atoms with Gasteiger partial charge in [-0.05, 0) is 31.5 Å². The van der Waals surface area contributed by atoms with Gasteiger partial charge in [-0.1, -0.05) is 0 Å². The Labute approximate surface area is 158 Å². The Balaban J connectivity index is 1.82. The lowest BCUT2D eigenvalue weighted by atomic mass is 10.1. The second-order valence-corrected chi connectivity index (χ2v) is 6.45. The standard InChI is InChI=1S/C18H17F3N4O3/c1-9-5-11(6-24-16(9)28-8-18(19,20)21)10(2)25-7-13-12(17(25)27)3-4-23-14(13)15(22)26/h3-6,10H,7-8H2,1-2H3,(H2,22,26). The number of rotatable bonds is 5. The molecule has 2 amide bonds. The first-order valence-corrected chi connectivity index (χ1v) is 8.33. The van der Waals surface area contributed by atoms with Gasteiger partial charge < -0.3 is 15.4 Å². The summed E-state index contributed by atoms with van der Waals surface area (Å²) in [5.74, 6) is -1.13. The Morgan fingerprint density at radius 2 is 2.11 bits per heavy atom. The SMILES string of the molecule is Cc1cc(C(C)N2Cc3c(ccnc3C(N)=O)C2=O)cnc1OCC(F)(F)F. The lowest BCUT2D eigenvalue weighted by Crippen LogP contribution is -2.27. The van der Waals surface area contributed by atoms with E-state index < -0.39 is 24.7 Å². The number of fused-ring (bicyclic) bond motifs is 1. The van der Waals surface area contributed by atoms with Gasteiger partial charge in [0, 0.05) is 35.6 Å². The zero-order chi connectivity index (χ0) is 20.6. The highest BCUT2D eigenvalue weighted by atomic mass is 19.4. The normalized spacial score (nSPS) is 14.8. The summed E-state index contributed by atoms with van der Waals surface area (Å²) in [6, 6.07) is 2.70. The molecule has 1 aliphatic rings. The maximum atomic E-state index is 12.7. The number of aromatic nitrogens is 2. The molecule has 1 aliphatic heterocycles. The summed E-state index contributed by atoms with van der Waals surface area (Å²) in [4.78, 5) is 33.7. The smallest absolute Gasteiger partial charge is 0.422 e. The quantitative estimate of drug-likeness (QED) is 0.840. The van der Waals surface area contributed by atoms with Gasteiger partial charge in [0.25, 0.3) is 11.8 Å². The number of nitrogens with two attached hydrogens (primary N) is 1. The average Bonchev–Trinajstić information content (AvgIpc) is 2.96. The molecule has 0 saturated carbocycles. The summed E-state index contributed by atoms with van der Waals surface area (Å²) >= 11 is 0. The number of hydrogen-bond donors (Lipinski definition) is 1. The van der Waals surface area contributed by atoms with Crippen LogP contribution in [0.4, 0.5) is 13.2 Å². The van der Waals surface area contributed by atoms with Gasteiger partial charge in [-0.3, -0.25) is 14.6 Å². The number of primary amides is 1. The van der Waals surface area contributed by atoms with Gasteiger partial charge in [-0.25, -0.2) is 4.98 Å². The molecule has 0 bridgehead atoms. The molecule has 2 aromatic rings. The fraction of sp³-hybridized carbons (Fsp3) is 0.333. The third kappa shape index (κ3) is 3.75. The van der Waals surface area contributed by atoms with Crippen LogP contribution >= 0.6 is 0 Å². The molecule has 148 valence electrons. The van der Waals surface area contributed by atoms with E-state index in [9.17, 15) is 22.8 Å². The molecule has 0 fully saturated rings. The first-order valence-electron chi connectivity index (χ1n) is 8.33. The van der Waals surface area contributed by atoms with E-state index in [0.717, 1.165) is 0 Å². The Kier molecular flexibility index (Phi) is 4.97. The summed E-state index contributed by atoms with van der Waals surface area (Å²) in [5, 5.41) is 0. The van der Waals surface area contributed by atoms with Crippen LogP contribution in [0.15, 0.2) is 24.5 Å². The van der Waals surface area contributed by atoms with Crippen LogP contribution in [0.25, 0.3) is 0 Å². The van der Waals surface area contributed by atoms with Gasteiger partial charge >= 0.3 is 6.18 Å². The molecule has 1 unspecified atom stereocenters. The molecule has 10 heteroatoms. The fourth-order valence-electron chi connectivity index (χ4n) is 3.07. The molecule has 3 heterocycles. The lowest BCUT2D eigenvalue weighted by molar-refractivity contribution is -0.154. The third-order valence-electron chi connectivity index (χ3n) is 4.48. The fourth-order valence-corrected chi connectivity index (χ4v) is 3.07. The summed E-state index contributed by atoms with van der Waals surface area (Å²) in [7, 11) is 0. The van der Waals surface area contributed by atoms with Crippen molar-refractivity contribution in [1.29, 1.82) is 0 Å². The Morgan fingerprint density at radius 1 is 1.39 bits per heavy atom. The number of ether oxygens (including phenoxy) is 1. The highest BCUT2D eigenvalue weighted by Gasteiger charge is 2.35. The maximum Gasteiger partial charge on any atom is 0.422 e. The van der Waals surface area contributed by atoms with Crippen molar-refractivity contribution >= 4 is 11.8 Å². The minimum absolute atomic E-state index is 0.0470. The molecule has 1 atom stereocenters. The predicted molar refractivity (Wildman–Crippen MR) is 91.6 cm³/mol. The predicted octanol–water partition coefficient (Wildman–Crippen LogP) is 2.54. The zero-order valence-electron chi connectivity index (χ0n) is 15.1. The average molecular weight is 394 g/mol. The summed E-state index contributed by atoms with van der Waals surface area (Å²) in [6.45, 7) is 2.05. The van der Waals surface area contributed by atoms with Crippen LogP contribution in [-0.4, -0.2) is 39.5 Å². The van der Waals surface area contributed by atoms with Crippen molar-refractivity contribution in [3.63, 3.8) is 0 Å². The van der Waals surface area contributed by atoms with Crippen molar-refractivity contribution in [3.8, 4) is 5.88 Å². The highest BCUT2D eigenvalue weighted by molar-refractivity contribution is 6.03. The number of aryl methyl sites for hydroxylation is 1. The van der Waals surface area contributed by atoms with E-state index in [1.807, 2.05) is 0 Å². The molecule has 0 radical (unpaired) electrons. The first-order chi connectivity index (χ1) is 13.1. The summed E-state index contributed by atoms with van der Waals surface area (Å²) in [6.07, 6.45) is -1.74.